The van der Waals surface area contributed by atoms with Gasteiger partial charge in [-0.2, -0.15) is 0 Å². The van der Waals surface area contributed by atoms with Crippen molar-refractivity contribution in [2.24, 2.45) is 5.16 Å². The Balaban J connectivity index is 1.17. The number of nitrogens with two attached hydrogens (primary N) is 1. The number of anilines is 1. The molecule has 0 radical (unpaired) electrons. The summed E-state index contributed by atoms with van der Waals surface area (Å²) >= 11 is 3.26. The van der Waals surface area contributed by atoms with Crippen LogP contribution in [0.3, 0.4) is 0 Å². The number of nitrogens with one attached hydrogen (secondary N) is 1. The van der Waals surface area contributed by atoms with Gasteiger partial charge in [-0.05, 0) is 18.2 Å². The van der Waals surface area contributed by atoms with Crippen molar-refractivity contribution in [1.82, 2.24) is 25.4 Å². The number of β-lactam (4-membered cyclic amide) rings is 1. The number of aliphatic carboxylic acids is 1. The molecule has 3 atom stereocenters. The van der Waals surface area contributed by atoms with E-state index in [4.69, 9.17) is 19.7 Å². The number of ether oxygens (including phenoxy) is 1. The van der Waals surface area contributed by atoms with Gasteiger partial charge in [0.05, 0.1) is 0 Å². The average molecular weight is 742 g/mol. The minimum atomic E-state index is -1.67. The number of phenols is 2. The monoisotopic (exact) mass is 741 g/mol. The standard InChI is InChI=1S/C29H23N7O11S3/c30-27-31-15(11-49-27)18(35-47-20(26(41)42)12-4-2-1-3-5-12)21(39)32-19-23(40)36-24(46-29(43)44)14(9-48-25(19)36)10-50-28-34-33-22(45-28)13-6-7-16(37)17(38)8-13/h1-8,11,19-20,25,37-38H,9-10H2,(H2,30,31)(H,32,39)(H,41,42)(H,43,44)/t19-,20?,25+/m1/s1. The summed E-state index contributed by atoms with van der Waals surface area (Å²) in [5.74, 6) is -3.59. The largest absolute Gasteiger partial charge is 0.512 e. The topological polar surface area (TPSA) is 273 Å². The van der Waals surface area contributed by atoms with Gasteiger partial charge in [0.1, 0.15) is 17.1 Å². The summed E-state index contributed by atoms with van der Waals surface area (Å²) in [5.41, 5.74) is 6.30. The van der Waals surface area contributed by atoms with Crippen LogP contribution in [0.4, 0.5) is 9.93 Å². The first kappa shape index (κ1) is 34.1. The maximum absolute atomic E-state index is 13.5. The van der Waals surface area contributed by atoms with Crippen LogP contribution in [0, 0.1) is 0 Å². The predicted octanol–water partition coefficient (Wildman–Crippen LogP) is 2.83. The van der Waals surface area contributed by atoms with Crippen LogP contribution in [-0.4, -0.2) is 93.1 Å². The lowest BCUT2D eigenvalue weighted by molar-refractivity contribution is -0.151. The Morgan fingerprint density at radius 3 is 2.60 bits per heavy atom. The lowest BCUT2D eigenvalue weighted by atomic mass is 10.1. The summed E-state index contributed by atoms with van der Waals surface area (Å²) in [6.07, 6.45) is -3.23. The van der Waals surface area contributed by atoms with Gasteiger partial charge in [-0.25, -0.2) is 14.6 Å². The number of hydrogen-bond donors (Lipinski definition) is 6. The number of phenolic OH excluding ortho intramolecular Hbond substituents is 2. The molecule has 7 N–H and O–H groups in total. The van der Waals surface area contributed by atoms with Crippen molar-refractivity contribution in [2.45, 2.75) is 22.7 Å². The molecule has 2 aromatic heterocycles. The number of benzene rings is 2. The Labute approximate surface area is 292 Å². The van der Waals surface area contributed by atoms with Crippen molar-refractivity contribution < 1.29 is 53.6 Å². The minimum Gasteiger partial charge on any atom is -0.504 e. The zero-order chi connectivity index (χ0) is 35.5. The molecule has 0 saturated carbocycles. The first-order valence-electron chi connectivity index (χ1n) is 14.1. The van der Waals surface area contributed by atoms with E-state index in [1.165, 1.54) is 47.5 Å². The molecular formula is C29H23N7O11S3. The number of carbonyl (C=O) groups excluding carboxylic acids is 2. The number of fused-ring (bicyclic) bond motifs is 1. The number of rotatable bonds is 12. The maximum Gasteiger partial charge on any atom is 0.512 e. The number of aromatic hydroxyl groups is 2. The van der Waals surface area contributed by atoms with Crippen LogP contribution in [0.15, 0.2) is 80.2 Å². The number of nitrogens with zero attached hydrogens (tertiary/aromatic N) is 5. The lowest BCUT2D eigenvalue weighted by Gasteiger charge is -2.49. The number of thiazole rings is 1. The van der Waals surface area contributed by atoms with E-state index < -0.39 is 47.2 Å². The van der Waals surface area contributed by atoms with Crippen LogP contribution in [0.5, 0.6) is 11.5 Å². The average Bonchev–Trinajstić information content (AvgIpc) is 3.75. The highest BCUT2D eigenvalue weighted by Crippen LogP contribution is 2.42. The van der Waals surface area contributed by atoms with Crippen molar-refractivity contribution >= 4 is 69.6 Å². The second-order valence-corrected chi connectivity index (χ2v) is 13.2. The van der Waals surface area contributed by atoms with E-state index in [0.29, 0.717) is 11.1 Å². The number of aromatic nitrogens is 3. The van der Waals surface area contributed by atoms with Crippen molar-refractivity contribution in [3.63, 3.8) is 0 Å². The van der Waals surface area contributed by atoms with E-state index in [-0.39, 0.29) is 56.4 Å². The molecule has 1 fully saturated rings. The highest BCUT2D eigenvalue weighted by Gasteiger charge is 2.54. The SMILES string of the molecule is Nc1nc(C(=NOC(C(=O)O)c2ccccc2)C(=O)N[C@@H]2C(=O)N3C(OC(=O)O)=C(CSc4nnc(-c5ccc(O)c(O)c5)o4)CS[C@@H]23)cs1. The normalized spacial score (nSPS) is 17.8. The van der Waals surface area contributed by atoms with E-state index in [0.717, 1.165) is 28.0 Å². The summed E-state index contributed by atoms with van der Waals surface area (Å²) in [6, 6.07) is 10.7. The fourth-order valence-electron chi connectivity index (χ4n) is 4.69. The zero-order valence-corrected chi connectivity index (χ0v) is 27.5. The summed E-state index contributed by atoms with van der Waals surface area (Å²) in [5, 5.41) is 53.5. The molecule has 4 aromatic rings. The number of thioether (sulfide) groups is 2. The van der Waals surface area contributed by atoms with Gasteiger partial charge in [-0.3, -0.25) is 14.5 Å². The number of nitrogen functional groups attached to an aromatic ring is 1. The fraction of sp³-hybridized carbons (Fsp3) is 0.172. The first-order valence-corrected chi connectivity index (χ1v) is 17.0. The molecule has 4 heterocycles. The third-order valence-electron chi connectivity index (χ3n) is 7.02. The van der Waals surface area contributed by atoms with Crippen molar-refractivity contribution in [1.29, 1.82) is 0 Å². The molecule has 258 valence electrons. The van der Waals surface area contributed by atoms with Gasteiger partial charge < -0.3 is 45.5 Å². The molecule has 18 nitrogen and oxygen atoms in total. The third kappa shape index (κ3) is 7.13. The fourth-order valence-corrected chi connectivity index (χ4v) is 7.45. The Kier molecular flexibility index (Phi) is 9.79. The van der Waals surface area contributed by atoms with Gasteiger partial charge in [0, 0.05) is 33.6 Å². The molecule has 6 rings (SSSR count). The molecule has 2 aromatic carbocycles. The molecule has 2 aliphatic heterocycles. The molecule has 0 bridgehead atoms. The number of oxime groups is 1. The highest BCUT2D eigenvalue weighted by atomic mass is 32.2. The second-order valence-electron chi connectivity index (χ2n) is 10.2. The van der Waals surface area contributed by atoms with Crippen molar-refractivity contribution in [3.8, 4) is 23.0 Å². The molecule has 50 heavy (non-hydrogen) atoms. The summed E-state index contributed by atoms with van der Waals surface area (Å²) in [7, 11) is 0. The molecule has 2 amide bonds. The van der Waals surface area contributed by atoms with E-state index in [1.807, 2.05) is 0 Å². The van der Waals surface area contributed by atoms with Crippen LogP contribution in [0.2, 0.25) is 0 Å². The number of carboxylic acids is 1. The van der Waals surface area contributed by atoms with Crippen LogP contribution in [-0.2, 0) is 24.0 Å². The van der Waals surface area contributed by atoms with E-state index >= 15 is 0 Å². The minimum absolute atomic E-state index is 0.0253. The van der Waals surface area contributed by atoms with Crippen LogP contribution in [0.25, 0.3) is 11.5 Å². The van der Waals surface area contributed by atoms with Gasteiger partial charge in [0.25, 0.3) is 17.0 Å². The van der Waals surface area contributed by atoms with Gasteiger partial charge in [-0.1, -0.05) is 47.2 Å². The van der Waals surface area contributed by atoms with E-state index in [1.54, 1.807) is 18.2 Å². The molecule has 2 aliphatic rings. The van der Waals surface area contributed by atoms with Gasteiger partial charge >= 0.3 is 12.1 Å². The quantitative estimate of drug-likeness (QED) is 0.0304. The third-order valence-corrected chi connectivity index (χ3v) is 9.94. The number of carboxylic acid groups (broad SMARTS) is 2. The Morgan fingerprint density at radius 1 is 1.14 bits per heavy atom. The van der Waals surface area contributed by atoms with Crippen molar-refractivity contribution in [3.05, 3.63) is 76.6 Å². The smallest absolute Gasteiger partial charge is 0.504 e. The first-order chi connectivity index (χ1) is 24.0. The molecule has 1 saturated heterocycles. The van der Waals surface area contributed by atoms with Gasteiger partial charge in [-0.15, -0.1) is 33.3 Å². The van der Waals surface area contributed by atoms with Crippen LogP contribution < -0.4 is 11.1 Å². The molecule has 1 unspecified atom stereocenters. The maximum atomic E-state index is 13.5. The number of hydrogen-bond acceptors (Lipinski definition) is 17. The summed E-state index contributed by atoms with van der Waals surface area (Å²) < 4.78 is 10.6. The number of amides is 2. The van der Waals surface area contributed by atoms with Crippen LogP contribution in [0.1, 0.15) is 17.4 Å². The van der Waals surface area contributed by atoms with E-state index in [9.17, 15) is 39.6 Å². The number of carbonyl (C=O) groups is 4. The van der Waals surface area contributed by atoms with E-state index in [2.05, 4.69) is 25.7 Å². The summed E-state index contributed by atoms with van der Waals surface area (Å²) in [4.78, 5) is 60.9. The Hall–Kier alpha value is -5.80. The van der Waals surface area contributed by atoms with Crippen LogP contribution >= 0.6 is 34.9 Å². The molecular weight excluding hydrogens is 719 g/mol. The highest BCUT2D eigenvalue weighted by molar-refractivity contribution is 8.01. The molecule has 0 aliphatic carbocycles. The summed E-state index contributed by atoms with van der Waals surface area (Å²) in [6.45, 7) is 0. The van der Waals surface area contributed by atoms with Gasteiger partial charge in [0.15, 0.2) is 22.3 Å². The zero-order valence-electron chi connectivity index (χ0n) is 25.0. The van der Waals surface area contributed by atoms with Gasteiger partial charge in [0.2, 0.25) is 17.9 Å². The van der Waals surface area contributed by atoms with Crippen molar-refractivity contribution in [2.75, 3.05) is 17.2 Å². The lowest BCUT2D eigenvalue weighted by Crippen LogP contribution is -2.70. The second kappa shape index (κ2) is 14.4. The molecule has 21 heteroatoms. The Morgan fingerprint density at radius 2 is 1.92 bits per heavy atom. The Bertz CT molecular complexity index is 2030. The predicted molar refractivity (Wildman–Crippen MR) is 176 cm³/mol. The molecule has 0 spiro atoms.